The Balaban J connectivity index is 5.30. The van der Waals surface area contributed by atoms with Crippen LogP contribution in [0.3, 0.4) is 0 Å². The summed E-state index contributed by atoms with van der Waals surface area (Å²) < 4.78 is 26.2. The van der Waals surface area contributed by atoms with Crippen LogP contribution in [0.15, 0.2) is 0 Å². The lowest BCUT2D eigenvalue weighted by atomic mass is 10.5. The minimum Gasteiger partial charge on any atom is -0.394 e. The van der Waals surface area contributed by atoms with Crippen LogP contribution in [0.2, 0.25) is 62.7 Å². The molecule has 35 heavy (non-hydrogen) atoms. The van der Waals surface area contributed by atoms with Gasteiger partial charge in [-0.1, -0.05) is 67.0 Å². The van der Waals surface area contributed by atoms with E-state index in [1.807, 2.05) is 0 Å². The average molecular weight is 583 g/mol. The molecule has 2 unspecified atom stereocenters. The molecular weight excluding hydrogens is 521 g/mol. The van der Waals surface area contributed by atoms with Gasteiger partial charge in [-0.2, -0.15) is 11.8 Å². The summed E-state index contributed by atoms with van der Waals surface area (Å²) in [5.41, 5.74) is 0. The summed E-state index contributed by atoms with van der Waals surface area (Å²) in [7, 11) is -7.26. The lowest BCUT2D eigenvalue weighted by Crippen LogP contribution is -2.53. The smallest absolute Gasteiger partial charge is 0.335 e. The number of thioether (sulfide) groups is 1. The molecule has 0 aromatic rings. The van der Waals surface area contributed by atoms with E-state index in [9.17, 15) is 0 Å². The lowest BCUT2D eigenvalue weighted by molar-refractivity contribution is 0.168. The van der Waals surface area contributed by atoms with Gasteiger partial charge in [-0.15, -0.1) is 0 Å². The summed E-state index contributed by atoms with van der Waals surface area (Å²) >= 11 is 2.14. The molecule has 0 radical (unpaired) electrons. The second-order valence-electron chi connectivity index (χ2n) is 12.5. The maximum absolute atomic E-state index is 6.55. The third-order valence-electron chi connectivity index (χ3n) is 6.83. The van der Waals surface area contributed by atoms with Gasteiger partial charge in [0.15, 0.2) is 0 Å². The van der Waals surface area contributed by atoms with Crippen molar-refractivity contribution < 1.29 is 17.7 Å². The Morgan fingerprint density at radius 3 is 0.943 bits per heavy atom. The van der Waals surface area contributed by atoms with Gasteiger partial charge in [-0.05, 0) is 73.5 Å². The summed E-state index contributed by atoms with van der Waals surface area (Å²) in [6.07, 6.45) is 6.69. The quantitative estimate of drug-likeness (QED) is 0.0941. The van der Waals surface area contributed by atoms with Crippen molar-refractivity contribution in [2.75, 3.05) is 37.9 Å². The molecule has 0 N–H and O–H groups in total. The first-order valence-electron chi connectivity index (χ1n) is 14.3. The van der Waals surface area contributed by atoms with Crippen LogP contribution in [0, 0.1) is 0 Å². The fourth-order valence-corrected chi connectivity index (χ4v) is 27.4. The van der Waals surface area contributed by atoms with Gasteiger partial charge in [0.2, 0.25) is 0 Å². The highest BCUT2D eigenvalue weighted by atomic mass is 32.2. The number of hydrogen-bond acceptors (Lipinski definition) is 5. The third-order valence-corrected chi connectivity index (χ3v) is 27.2. The van der Waals surface area contributed by atoms with Gasteiger partial charge in [0, 0.05) is 26.4 Å². The van der Waals surface area contributed by atoms with Gasteiger partial charge in [0.25, 0.3) is 0 Å². The fourth-order valence-electron chi connectivity index (χ4n) is 5.17. The second-order valence-corrected chi connectivity index (χ2v) is 32.3. The molecule has 4 nitrogen and oxygen atoms in total. The number of rotatable bonds is 22. The van der Waals surface area contributed by atoms with Crippen LogP contribution in [0.25, 0.3) is 0 Å². The van der Waals surface area contributed by atoms with Crippen LogP contribution in [0.1, 0.15) is 66.2 Å². The molecule has 0 saturated heterocycles. The van der Waals surface area contributed by atoms with E-state index in [2.05, 4.69) is 91.8 Å². The maximum atomic E-state index is 6.55. The Labute approximate surface area is 228 Å². The molecule has 0 bridgehead atoms. The minimum absolute atomic E-state index is 0.619. The molecule has 0 aliphatic carbocycles. The van der Waals surface area contributed by atoms with Crippen LogP contribution >= 0.6 is 11.8 Å². The highest BCUT2D eigenvalue weighted by Crippen LogP contribution is 2.40. The van der Waals surface area contributed by atoms with Gasteiger partial charge in [-0.25, -0.2) is 0 Å². The first kappa shape index (κ1) is 36.1. The van der Waals surface area contributed by atoms with E-state index in [0.717, 1.165) is 52.1 Å². The second kappa shape index (κ2) is 17.6. The van der Waals surface area contributed by atoms with Crippen LogP contribution in [0.4, 0.5) is 0 Å². The van der Waals surface area contributed by atoms with E-state index in [-0.39, 0.29) is 0 Å². The largest absolute Gasteiger partial charge is 0.394 e. The first-order chi connectivity index (χ1) is 16.2. The molecule has 9 heteroatoms. The molecule has 0 heterocycles. The third kappa shape index (κ3) is 13.6. The molecule has 0 aromatic carbocycles. The van der Waals surface area contributed by atoms with E-state index in [0.29, 0.717) is 10.3 Å². The zero-order valence-corrected chi connectivity index (χ0v) is 30.5. The van der Waals surface area contributed by atoms with E-state index in [1.165, 1.54) is 24.3 Å². The molecule has 0 amide bonds. The van der Waals surface area contributed by atoms with Crippen molar-refractivity contribution >= 4 is 45.0 Å². The molecule has 0 aliphatic heterocycles. The van der Waals surface area contributed by atoms with Crippen molar-refractivity contribution in [3.05, 3.63) is 0 Å². The first-order valence-corrected chi connectivity index (χ1v) is 27.4. The summed E-state index contributed by atoms with van der Waals surface area (Å²) in [6.45, 7) is 31.9. The molecule has 0 aromatic heterocycles. The van der Waals surface area contributed by atoms with Gasteiger partial charge in [0.1, 0.15) is 0 Å². The van der Waals surface area contributed by atoms with Gasteiger partial charge in [-0.3, -0.25) is 0 Å². The van der Waals surface area contributed by atoms with E-state index in [4.69, 9.17) is 17.7 Å². The zero-order valence-electron chi connectivity index (χ0n) is 25.7. The molecule has 0 spiro atoms. The predicted molar refractivity (Wildman–Crippen MR) is 169 cm³/mol. The standard InChI is InChI=1S/C26H62O4SSi4/c1-13-19-27-34(11,28-20-14-2)25(32(5,6)7)17-23-31-24-18-26(33(8,9)10)35(12,29-21-15-3)30-22-16-4/h25-26H,13-24H2,1-12H3. The molecule has 0 fully saturated rings. The lowest BCUT2D eigenvalue weighted by Gasteiger charge is -2.41. The van der Waals surface area contributed by atoms with Crippen LogP contribution in [-0.4, -0.2) is 71.2 Å². The molecule has 0 aliphatic rings. The molecule has 212 valence electrons. The molecule has 0 rings (SSSR count). The van der Waals surface area contributed by atoms with Crippen molar-refractivity contribution in [1.29, 1.82) is 0 Å². The van der Waals surface area contributed by atoms with Crippen molar-refractivity contribution in [2.24, 2.45) is 0 Å². The normalized spacial score (nSPS) is 15.4. The van der Waals surface area contributed by atoms with Gasteiger partial charge in [0.05, 0.1) is 16.1 Å². The average Bonchev–Trinajstić information content (AvgIpc) is 2.76. The highest BCUT2D eigenvalue weighted by Gasteiger charge is 2.49. The monoisotopic (exact) mass is 582 g/mol. The topological polar surface area (TPSA) is 36.9 Å². The predicted octanol–water partition coefficient (Wildman–Crippen LogP) is 8.85. The summed E-state index contributed by atoms with van der Waals surface area (Å²) in [6, 6.07) is 0. The van der Waals surface area contributed by atoms with E-state index >= 15 is 0 Å². The molecular formula is C26H62O4SSi4. The summed E-state index contributed by atoms with van der Waals surface area (Å²) in [5, 5.41) is 1.24. The Hall–Kier alpha value is 1.06. The highest BCUT2D eigenvalue weighted by molar-refractivity contribution is 7.99. The zero-order chi connectivity index (χ0) is 27.2. The minimum atomic E-state index is -2.21. The maximum Gasteiger partial charge on any atom is 0.335 e. The summed E-state index contributed by atoms with van der Waals surface area (Å²) in [4.78, 5) is 0. The van der Waals surface area contributed by atoms with Gasteiger partial charge >= 0.3 is 17.1 Å². The van der Waals surface area contributed by atoms with Crippen molar-refractivity contribution in [1.82, 2.24) is 0 Å². The SMILES string of the molecule is CCCO[Si](C)(OCCC)C(CCSCCC([Si](C)(C)C)[Si](C)(OCCC)OCCC)[Si](C)(C)C. The number of hydrogen-bond donors (Lipinski definition) is 0. The Morgan fingerprint density at radius 2 is 0.743 bits per heavy atom. The summed E-state index contributed by atoms with van der Waals surface area (Å²) in [5.74, 6) is 2.40. The van der Waals surface area contributed by atoms with Crippen molar-refractivity contribution in [3.8, 4) is 0 Å². The van der Waals surface area contributed by atoms with Crippen molar-refractivity contribution in [3.63, 3.8) is 0 Å². The Bertz CT molecular complexity index is 478. The Morgan fingerprint density at radius 1 is 0.486 bits per heavy atom. The van der Waals surface area contributed by atoms with E-state index < -0.39 is 33.3 Å². The van der Waals surface area contributed by atoms with Crippen molar-refractivity contribution in [2.45, 2.75) is 129 Å². The van der Waals surface area contributed by atoms with Crippen LogP contribution in [-0.2, 0) is 17.7 Å². The fraction of sp³-hybridized carbons (Fsp3) is 1.00. The van der Waals surface area contributed by atoms with Crippen LogP contribution < -0.4 is 0 Å². The van der Waals surface area contributed by atoms with E-state index in [1.54, 1.807) is 0 Å². The van der Waals surface area contributed by atoms with Gasteiger partial charge < -0.3 is 17.7 Å². The Kier molecular flexibility index (Phi) is 18.1. The molecule has 2 atom stereocenters. The van der Waals surface area contributed by atoms with Crippen LogP contribution in [0.5, 0.6) is 0 Å². The molecule has 0 saturated carbocycles.